The third-order valence-corrected chi connectivity index (χ3v) is 3.24. The number of rotatable bonds is 4. The predicted octanol–water partition coefficient (Wildman–Crippen LogP) is 1.67. The van der Waals surface area contributed by atoms with Crippen LogP contribution in [0.3, 0.4) is 0 Å². The van der Waals surface area contributed by atoms with Gasteiger partial charge in [-0.3, -0.25) is 14.2 Å². The van der Waals surface area contributed by atoms with Crippen LogP contribution in [-0.4, -0.2) is 22.0 Å². The van der Waals surface area contributed by atoms with Crippen molar-refractivity contribution in [2.24, 2.45) is 0 Å². The molecule has 0 atom stereocenters. The van der Waals surface area contributed by atoms with E-state index in [9.17, 15) is 9.59 Å². The van der Waals surface area contributed by atoms with Gasteiger partial charge in [0.1, 0.15) is 17.6 Å². The van der Waals surface area contributed by atoms with Crippen LogP contribution in [0.4, 0.5) is 0 Å². The number of nitrogens with zero attached hydrogens (tertiary/aromatic N) is 2. The maximum Gasteiger partial charge on any atom is 0.297 e. The molecule has 2 aromatic heterocycles. The van der Waals surface area contributed by atoms with E-state index in [-0.39, 0.29) is 23.6 Å². The number of nitrogens with one attached hydrogen (secondary N) is 1. The normalized spacial score (nSPS) is 11.1. The van der Waals surface area contributed by atoms with Gasteiger partial charge in [-0.25, -0.2) is 4.98 Å². The van der Waals surface area contributed by atoms with Crippen molar-refractivity contribution in [3.63, 3.8) is 0 Å². The molecular formula is C15H15N3O3. The Labute approximate surface area is 120 Å². The Bertz CT molecular complexity index is 863. The highest BCUT2D eigenvalue weighted by atomic mass is 16.3. The number of hydrogen-bond acceptors (Lipinski definition) is 4. The van der Waals surface area contributed by atoms with Crippen molar-refractivity contribution in [3.8, 4) is 0 Å². The molecule has 0 unspecified atom stereocenters. The summed E-state index contributed by atoms with van der Waals surface area (Å²) in [5, 5.41) is 3.52. The van der Waals surface area contributed by atoms with E-state index in [2.05, 4.69) is 10.3 Å². The van der Waals surface area contributed by atoms with Gasteiger partial charge >= 0.3 is 0 Å². The maximum absolute atomic E-state index is 12.4. The number of fused-ring (bicyclic) bond motifs is 3. The number of carbonyl (C=O) groups is 1. The molecule has 0 saturated carbocycles. The Kier molecular flexibility index (Phi) is 3.43. The summed E-state index contributed by atoms with van der Waals surface area (Å²) in [7, 11) is 0. The lowest BCUT2D eigenvalue weighted by molar-refractivity contribution is -0.121. The average molecular weight is 285 g/mol. The number of carbonyl (C=O) groups excluding carboxylic acids is 1. The molecule has 0 spiro atoms. The zero-order valence-corrected chi connectivity index (χ0v) is 11.6. The zero-order chi connectivity index (χ0) is 14.8. The molecule has 3 rings (SSSR count). The molecule has 1 aromatic carbocycles. The molecule has 0 aliphatic heterocycles. The maximum atomic E-state index is 12.4. The summed E-state index contributed by atoms with van der Waals surface area (Å²) < 4.78 is 6.82. The van der Waals surface area contributed by atoms with Crippen LogP contribution < -0.4 is 10.9 Å². The lowest BCUT2D eigenvalue weighted by Crippen LogP contribution is -2.32. The molecule has 6 heteroatoms. The van der Waals surface area contributed by atoms with E-state index in [1.54, 1.807) is 6.07 Å². The van der Waals surface area contributed by atoms with E-state index in [1.165, 1.54) is 10.9 Å². The predicted molar refractivity (Wildman–Crippen MR) is 79.1 cm³/mol. The lowest BCUT2D eigenvalue weighted by Gasteiger charge is -2.05. The highest BCUT2D eigenvalue weighted by Crippen LogP contribution is 2.23. The van der Waals surface area contributed by atoms with Crippen molar-refractivity contribution in [3.05, 3.63) is 40.9 Å². The van der Waals surface area contributed by atoms with Gasteiger partial charge in [-0.05, 0) is 18.6 Å². The van der Waals surface area contributed by atoms with Gasteiger partial charge in [-0.2, -0.15) is 0 Å². The minimum atomic E-state index is -0.345. The van der Waals surface area contributed by atoms with Gasteiger partial charge in [0.25, 0.3) is 5.56 Å². The van der Waals surface area contributed by atoms with Gasteiger partial charge in [-0.15, -0.1) is 0 Å². The van der Waals surface area contributed by atoms with Crippen molar-refractivity contribution < 1.29 is 9.21 Å². The standard InChI is InChI=1S/C15H15N3O3/c1-2-7-16-12(19)8-18-9-17-13-10-5-3-4-6-11(10)21-14(13)15(18)20/h3-6,9H,2,7-8H2,1H3,(H,16,19). The summed E-state index contributed by atoms with van der Waals surface area (Å²) in [5.74, 6) is -0.212. The molecule has 2 heterocycles. The molecule has 6 nitrogen and oxygen atoms in total. The summed E-state index contributed by atoms with van der Waals surface area (Å²) >= 11 is 0. The first-order valence-electron chi connectivity index (χ1n) is 6.84. The van der Waals surface area contributed by atoms with Crippen LogP contribution in [0.1, 0.15) is 13.3 Å². The van der Waals surface area contributed by atoms with Gasteiger partial charge in [0.2, 0.25) is 11.5 Å². The zero-order valence-electron chi connectivity index (χ0n) is 11.6. The molecule has 0 bridgehead atoms. The van der Waals surface area contributed by atoms with Crippen LogP contribution >= 0.6 is 0 Å². The van der Waals surface area contributed by atoms with Crippen LogP contribution in [0.15, 0.2) is 39.8 Å². The summed E-state index contributed by atoms with van der Waals surface area (Å²) in [6.45, 7) is 2.50. The Morgan fingerprint density at radius 1 is 1.38 bits per heavy atom. The largest absolute Gasteiger partial charge is 0.448 e. The Morgan fingerprint density at radius 3 is 3.00 bits per heavy atom. The second-order valence-electron chi connectivity index (χ2n) is 4.80. The Morgan fingerprint density at radius 2 is 2.19 bits per heavy atom. The topological polar surface area (TPSA) is 77.1 Å². The number of benzene rings is 1. The Balaban J connectivity index is 2.02. The Hall–Kier alpha value is -2.63. The molecular weight excluding hydrogens is 270 g/mol. The molecule has 0 aliphatic rings. The quantitative estimate of drug-likeness (QED) is 0.791. The minimum Gasteiger partial charge on any atom is -0.448 e. The third kappa shape index (κ3) is 2.40. The van der Waals surface area contributed by atoms with Crippen molar-refractivity contribution in [1.82, 2.24) is 14.9 Å². The highest BCUT2D eigenvalue weighted by molar-refractivity contribution is 6.01. The van der Waals surface area contributed by atoms with Gasteiger partial charge in [-0.1, -0.05) is 19.1 Å². The first-order valence-corrected chi connectivity index (χ1v) is 6.84. The van der Waals surface area contributed by atoms with Gasteiger partial charge < -0.3 is 9.73 Å². The van der Waals surface area contributed by atoms with Gasteiger partial charge in [0, 0.05) is 11.9 Å². The third-order valence-electron chi connectivity index (χ3n) is 3.24. The highest BCUT2D eigenvalue weighted by Gasteiger charge is 2.14. The SMILES string of the molecule is CCCNC(=O)Cn1cnc2c(oc3ccccc32)c1=O. The van der Waals surface area contributed by atoms with Crippen molar-refractivity contribution in [2.45, 2.75) is 19.9 Å². The average Bonchev–Trinajstić information content (AvgIpc) is 2.87. The molecule has 0 aliphatic carbocycles. The van der Waals surface area contributed by atoms with E-state index in [0.29, 0.717) is 17.6 Å². The first-order chi connectivity index (χ1) is 10.2. The van der Waals surface area contributed by atoms with Gasteiger partial charge in [0.05, 0.1) is 6.33 Å². The molecule has 0 fully saturated rings. The second-order valence-corrected chi connectivity index (χ2v) is 4.80. The number of para-hydroxylation sites is 1. The summed E-state index contributed by atoms with van der Waals surface area (Å²) in [4.78, 5) is 28.3. The number of hydrogen-bond donors (Lipinski definition) is 1. The fraction of sp³-hybridized carbons (Fsp3) is 0.267. The summed E-state index contributed by atoms with van der Waals surface area (Å²) in [6.07, 6.45) is 2.24. The molecule has 1 N–H and O–H groups in total. The minimum absolute atomic E-state index is 0.0567. The van der Waals surface area contributed by atoms with Crippen LogP contribution in [0.2, 0.25) is 0 Å². The van der Waals surface area contributed by atoms with Crippen molar-refractivity contribution in [2.75, 3.05) is 6.54 Å². The fourth-order valence-corrected chi connectivity index (χ4v) is 2.20. The summed E-state index contributed by atoms with van der Waals surface area (Å²) in [6, 6.07) is 7.34. The van der Waals surface area contributed by atoms with Crippen LogP contribution in [0.25, 0.3) is 22.1 Å². The van der Waals surface area contributed by atoms with Gasteiger partial charge in [0.15, 0.2) is 0 Å². The summed E-state index contributed by atoms with van der Waals surface area (Å²) in [5.41, 5.74) is 0.982. The van der Waals surface area contributed by atoms with E-state index in [4.69, 9.17) is 4.42 Å². The monoisotopic (exact) mass is 285 g/mol. The lowest BCUT2D eigenvalue weighted by atomic mass is 10.2. The van der Waals surface area contributed by atoms with Crippen molar-refractivity contribution in [1.29, 1.82) is 0 Å². The van der Waals surface area contributed by atoms with Crippen molar-refractivity contribution >= 4 is 28.0 Å². The molecule has 0 radical (unpaired) electrons. The molecule has 108 valence electrons. The first kappa shape index (κ1) is 13.4. The van der Waals surface area contributed by atoms with Crippen LogP contribution in [0, 0.1) is 0 Å². The number of furan rings is 1. The van der Waals surface area contributed by atoms with E-state index >= 15 is 0 Å². The van der Waals surface area contributed by atoms with E-state index < -0.39 is 0 Å². The van der Waals surface area contributed by atoms with E-state index in [1.807, 2.05) is 25.1 Å². The fourth-order valence-electron chi connectivity index (χ4n) is 2.20. The molecule has 3 aromatic rings. The molecule has 1 amide bonds. The molecule has 0 saturated heterocycles. The number of aromatic nitrogens is 2. The molecule has 21 heavy (non-hydrogen) atoms. The van der Waals surface area contributed by atoms with Crippen LogP contribution in [0.5, 0.6) is 0 Å². The second kappa shape index (κ2) is 5.40. The smallest absolute Gasteiger partial charge is 0.297 e. The number of amides is 1. The van der Waals surface area contributed by atoms with E-state index in [0.717, 1.165) is 11.8 Å². The van der Waals surface area contributed by atoms with Crippen LogP contribution in [-0.2, 0) is 11.3 Å².